The minimum absolute atomic E-state index is 0.747. The second-order valence-electron chi connectivity index (χ2n) is 18.2. The maximum atomic E-state index is 6.59. The van der Waals surface area contributed by atoms with Crippen molar-refractivity contribution in [3.8, 4) is 34.1 Å². The van der Waals surface area contributed by atoms with Gasteiger partial charge < -0.3 is 13.6 Å². The molecule has 9 nitrogen and oxygen atoms in total. The molecule has 0 N–H and O–H groups in total. The first-order valence-corrected chi connectivity index (χ1v) is 23.8. The summed E-state index contributed by atoms with van der Waals surface area (Å²) in [4.78, 5) is 20.5. The first-order valence-electron chi connectivity index (χ1n) is 23.8. The SMILES string of the molecule is c1ccc2c(c1)oc1ccc(-c3c(-n4c5ccccc5c5cnccc54)c(-n4c5ccccc5c5ccccc54)nc(-n4c5ccccc5c5cnccc54)c3-n3c4ccccc4c4cnccc43)cc12. The van der Waals surface area contributed by atoms with Crippen molar-refractivity contribution in [2.45, 2.75) is 0 Å². The molecule has 9 heterocycles. The molecule has 330 valence electrons. The Balaban J connectivity index is 1.24. The zero-order valence-corrected chi connectivity index (χ0v) is 37.8. The summed E-state index contributed by atoms with van der Waals surface area (Å²) in [6.45, 7) is 0. The molecule has 16 aromatic rings. The van der Waals surface area contributed by atoms with Gasteiger partial charge in [0.1, 0.15) is 22.5 Å². The van der Waals surface area contributed by atoms with Gasteiger partial charge >= 0.3 is 0 Å². The van der Waals surface area contributed by atoms with E-state index in [1.807, 2.05) is 49.3 Å². The molecule has 0 aliphatic carbocycles. The molecule has 9 heteroatoms. The summed E-state index contributed by atoms with van der Waals surface area (Å²) in [6.07, 6.45) is 11.6. The van der Waals surface area contributed by atoms with Gasteiger partial charge in [-0.3, -0.25) is 24.1 Å². The summed E-state index contributed by atoms with van der Waals surface area (Å²) < 4.78 is 16.2. The molecule has 9 aromatic heterocycles. The van der Waals surface area contributed by atoms with E-state index < -0.39 is 0 Å². The van der Waals surface area contributed by atoms with Crippen LogP contribution in [-0.4, -0.2) is 38.2 Å². The van der Waals surface area contributed by atoms with Gasteiger partial charge in [-0.1, -0.05) is 115 Å². The van der Waals surface area contributed by atoms with Crippen molar-refractivity contribution in [1.29, 1.82) is 0 Å². The Morgan fingerprint density at radius 3 is 1.11 bits per heavy atom. The molecule has 0 saturated heterocycles. The highest BCUT2D eigenvalue weighted by atomic mass is 16.3. The van der Waals surface area contributed by atoms with Crippen molar-refractivity contribution in [3.63, 3.8) is 0 Å². The number of nitrogens with zero attached hydrogens (tertiary/aromatic N) is 8. The molecule has 0 spiro atoms. The van der Waals surface area contributed by atoms with Crippen LogP contribution < -0.4 is 0 Å². The molecular formula is C62H36N8O. The predicted octanol–water partition coefficient (Wildman–Crippen LogP) is 15.2. The van der Waals surface area contributed by atoms with E-state index in [9.17, 15) is 0 Å². The zero-order valence-electron chi connectivity index (χ0n) is 37.8. The summed E-state index contributed by atoms with van der Waals surface area (Å²) in [7, 11) is 0. The summed E-state index contributed by atoms with van der Waals surface area (Å²) in [5.74, 6) is 1.51. The molecule has 7 aromatic carbocycles. The summed E-state index contributed by atoms with van der Waals surface area (Å²) in [5.41, 5.74) is 13.6. The second kappa shape index (κ2) is 14.3. The van der Waals surface area contributed by atoms with Gasteiger partial charge in [-0.25, -0.2) is 4.98 Å². The van der Waals surface area contributed by atoms with Crippen LogP contribution in [0.3, 0.4) is 0 Å². The minimum Gasteiger partial charge on any atom is -0.456 e. The normalized spacial score (nSPS) is 12.2. The molecule has 0 amide bonds. The quantitative estimate of drug-likeness (QED) is 0.172. The van der Waals surface area contributed by atoms with Crippen LogP contribution in [-0.2, 0) is 0 Å². The highest BCUT2D eigenvalue weighted by Gasteiger charge is 2.33. The molecular weight excluding hydrogens is 873 g/mol. The monoisotopic (exact) mass is 908 g/mol. The highest BCUT2D eigenvalue weighted by Crippen LogP contribution is 2.49. The van der Waals surface area contributed by atoms with Crippen molar-refractivity contribution in [1.82, 2.24) is 38.2 Å². The number of aromatic nitrogens is 8. The van der Waals surface area contributed by atoms with Crippen LogP contribution in [0.2, 0.25) is 0 Å². The van der Waals surface area contributed by atoms with Crippen LogP contribution in [0.1, 0.15) is 0 Å². The fraction of sp³-hybridized carbons (Fsp3) is 0. The molecule has 0 fully saturated rings. The summed E-state index contributed by atoms with van der Waals surface area (Å²) in [6, 6.07) is 64.7. The van der Waals surface area contributed by atoms with Gasteiger partial charge in [-0.05, 0) is 72.3 Å². The van der Waals surface area contributed by atoms with E-state index in [2.05, 4.69) is 188 Å². The standard InChI is InChI=1S/C62H36N8O/c1-9-21-50-38(13-1)39-14-2-10-22-51(39)69(50)61-59(67-48-19-7-3-15-40(48)45-34-63-30-27-53(45)67)58(37-25-26-57-44(33-37)43-18-6-12-24-56(43)71-57)60(68-49-20-8-4-16-41(49)46-35-64-31-28-54(46)68)62(66-61)70-52-23-11-5-17-42(52)47-36-65-32-29-55(47)70/h1-36H. The molecule has 0 unspecified atom stereocenters. The predicted molar refractivity (Wildman–Crippen MR) is 288 cm³/mol. The number of rotatable bonds is 5. The summed E-state index contributed by atoms with van der Waals surface area (Å²) in [5, 5.41) is 10.7. The fourth-order valence-electron chi connectivity index (χ4n) is 11.7. The largest absolute Gasteiger partial charge is 0.456 e. The van der Waals surface area contributed by atoms with Crippen LogP contribution >= 0.6 is 0 Å². The van der Waals surface area contributed by atoms with E-state index in [1.54, 1.807) is 0 Å². The molecule has 0 atom stereocenters. The Morgan fingerprint density at radius 1 is 0.296 bits per heavy atom. The summed E-state index contributed by atoms with van der Waals surface area (Å²) >= 11 is 0. The smallest absolute Gasteiger partial charge is 0.165 e. The molecule has 0 radical (unpaired) electrons. The first-order chi connectivity index (χ1) is 35.3. The number of pyridine rings is 4. The van der Waals surface area contributed by atoms with Crippen LogP contribution in [0.4, 0.5) is 0 Å². The van der Waals surface area contributed by atoms with Crippen molar-refractivity contribution >= 4 is 109 Å². The number of fused-ring (bicyclic) bond motifs is 15. The van der Waals surface area contributed by atoms with Crippen molar-refractivity contribution in [3.05, 3.63) is 219 Å². The minimum atomic E-state index is 0.747. The zero-order chi connectivity index (χ0) is 46.3. The first kappa shape index (κ1) is 38.1. The Kier molecular flexibility index (Phi) is 7.70. The molecule has 0 bridgehead atoms. The van der Waals surface area contributed by atoms with Crippen LogP contribution in [0.5, 0.6) is 0 Å². The topological polar surface area (TPSA) is 84.4 Å². The molecule has 16 rings (SSSR count). The lowest BCUT2D eigenvalue weighted by atomic mass is 9.98. The molecule has 0 aliphatic heterocycles. The maximum Gasteiger partial charge on any atom is 0.165 e. The van der Waals surface area contributed by atoms with Crippen LogP contribution in [0.15, 0.2) is 224 Å². The average Bonchev–Trinajstić information content (AvgIpc) is 4.23. The number of benzene rings is 7. The molecule has 0 aliphatic rings. The van der Waals surface area contributed by atoms with E-state index in [-0.39, 0.29) is 0 Å². The Morgan fingerprint density at radius 2 is 0.648 bits per heavy atom. The fourth-order valence-corrected chi connectivity index (χ4v) is 11.7. The van der Waals surface area contributed by atoms with Gasteiger partial charge in [0.2, 0.25) is 0 Å². The van der Waals surface area contributed by atoms with Gasteiger partial charge in [0.25, 0.3) is 0 Å². The van der Waals surface area contributed by atoms with Crippen molar-refractivity contribution in [2.75, 3.05) is 0 Å². The number of para-hydroxylation sites is 6. The van der Waals surface area contributed by atoms with Crippen LogP contribution in [0, 0.1) is 0 Å². The van der Waals surface area contributed by atoms with E-state index in [4.69, 9.17) is 24.4 Å². The third-order valence-corrected chi connectivity index (χ3v) is 14.6. The van der Waals surface area contributed by atoms with E-state index >= 15 is 0 Å². The second-order valence-corrected chi connectivity index (χ2v) is 18.2. The van der Waals surface area contributed by atoms with Gasteiger partial charge in [0, 0.05) is 96.6 Å². The van der Waals surface area contributed by atoms with Crippen LogP contribution in [0.25, 0.3) is 143 Å². The number of furan rings is 1. The third kappa shape index (κ3) is 5.18. The lowest BCUT2D eigenvalue weighted by molar-refractivity contribution is 0.669. The average molecular weight is 909 g/mol. The van der Waals surface area contributed by atoms with E-state index in [1.165, 1.54) is 0 Å². The maximum absolute atomic E-state index is 6.59. The highest BCUT2D eigenvalue weighted by molar-refractivity contribution is 6.16. The van der Waals surface area contributed by atoms with E-state index in [0.717, 1.165) is 143 Å². The van der Waals surface area contributed by atoms with E-state index in [0.29, 0.717) is 0 Å². The molecule has 0 saturated carbocycles. The number of hydrogen-bond donors (Lipinski definition) is 0. The van der Waals surface area contributed by atoms with Crippen molar-refractivity contribution in [2.24, 2.45) is 0 Å². The lowest BCUT2D eigenvalue weighted by Crippen LogP contribution is -2.16. The van der Waals surface area contributed by atoms with Gasteiger partial charge in [-0.2, -0.15) is 0 Å². The van der Waals surface area contributed by atoms with Crippen molar-refractivity contribution < 1.29 is 4.42 Å². The Bertz CT molecular complexity index is 4450. The molecule has 71 heavy (non-hydrogen) atoms. The van der Waals surface area contributed by atoms with Gasteiger partial charge in [0.15, 0.2) is 11.6 Å². The van der Waals surface area contributed by atoms with Gasteiger partial charge in [0.05, 0.1) is 44.1 Å². The lowest BCUT2D eigenvalue weighted by Gasteiger charge is -2.26. The Hall–Kier alpha value is -9.86. The number of hydrogen-bond acceptors (Lipinski definition) is 5. The third-order valence-electron chi connectivity index (χ3n) is 14.6. The van der Waals surface area contributed by atoms with Gasteiger partial charge in [-0.15, -0.1) is 0 Å². The Labute approximate surface area is 403 Å².